The van der Waals surface area contributed by atoms with Crippen molar-refractivity contribution in [2.24, 2.45) is 0 Å². The molecule has 7 heteroatoms. The standard InChI is InChI=1S/C22H18ClN3O3/c1-2-14-5-8-16(9-6-14)25-20(27)13-26-18-12-15(23)7-10-19(18)29-21-17(22(26)28)4-3-11-24-21/h3-12H,2,13H2,1H3,(H,25,27). The molecule has 2 amide bonds. The van der Waals surface area contributed by atoms with E-state index in [1.165, 1.54) is 10.5 Å². The molecule has 0 spiro atoms. The summed E-state index contributed by atoms with van der Waals surface area (Å²) in [6.45, 7) is 1.87. The molecule has 1 aromatic heterocycles. The highest BCUT2D eigenvalue weighted by molar-refractivity contribution is 6.31. The topological polar surface area (TPSA) is 71.5 Å². The summed E-state index contributed by atoms with van der Waals surface area (Å²) in [7, 11) is 0. The highest BCUT2D eigenvalue weighted by Gasteiger charge is 2.30. The lowest BCUT2D eigenvalue weighted by molar-refractivity contribution is -0.114. The summed E-state index contributed by atoms with van der Waals surface area (Å²) in [5.41, 5.74) is 2.53. The first kappa shape index (κ1) is 19.0. The van der Waals surface area contributed by atoms with Crippen molar-refractivity contribution in [3.63, 3.8) is 0 Å². The zero-order valence-corrected chi connectivity index (χ0v) is 16.4. The van der Waals surface area contributed by atoms with Gasteiger partial charge in [0.15, 0.2) is 5.75 Å². The lowest BCUT2D eigenvalue weighted by atomic mass is 10.1. The van der Waals surface area contributed by atoms with Crippen LogP contribution in [0.3, 0.4) is 0 Å². The second kappa shape index (κ2) is 7.93. The van der Waals surface area contributed by atoms with Gasteiger partial charge in [-0.15, -0.1) is 0 Å². The van der Waals surface area contributed by atoms with Crippen molar-refractivity contribution >= 4 is 34.8 Å². The molecule has 1 aliphatic heterocycles. The molecular weight excluding hydrogens is 390 g/mol. The minimum atomic E-state index is -0.384. The number of carbonyl (C=O) groups is 2. The maximum atomic E-state index is 13.2. The number of anilines is 2. The smallest absolute Gasteiger partial charge is 0.264 e. The predicted molar refractivity (Wildman–Crippen MR) is 112 cm³/mol. The highest BCUT2D eigenvalue weighted by Crippen LogP contribution is 2.39. The highest BCUT2D eigenvalue weighted by atomic mass is 35.5. The van der Waals surface area contributed by atoms with Crippen molar-refractivity contribution in [2.75, 3.05) is 16.8 Å². The van der Waals surface area contributed by atoms with Crippen LogP contribution < -0.4 is 15.0 Å². The number of nitrogens with one attached hydrogen (secondary N) is 1. The number of hydrogen-bond donors (Lipinski definition) is 1. The maximum Gasteiger partial charge on any atom is 0.264 e. The molecule has 0 fully saturated rings. The molecular formula is C22H18ClN3O3. The Hall–Kier alpha value is -3.38. The van der Waals surface area contributed by atoms with Crippen LogP contribution in [-0.4, -0.2) is 23.3 Å². The van der Waals surface area contributed by atoms with Gasteiger partial charge >= 0.3 is 0 Å². The van der Waals surface area contributed by atoms with Gasteiger partial charge in [-0.2, -0.15) is 0 Å². The van der Waals surface area contributed by atoms with E-state index in [1.54, 1.807) is 36.5 Å². The number of amides is 2. The molecule has 29 heavy (non-hydrogen) atoms. The van der Waals surface area contributed by atoms with Gasteiger partial charge in [0.2, 0.25) is 11.8 Å². The molecule has 6 nitrogen and oxygen atoms in total. The second-order valence-electron chi connectivity index (χ2n) is 6.56. The van der Waals surface area contributed by atoms with E-state index in [4.69, 9.17) is 16.3 Å². The number of pyridine rings is 1. The number of aryl methyl sites for hydroxylation is 1. The minimum Gasteiger partial charge on any atom is -0.436 e. The summed E-state index contributed by atoms with van der Waals surface area (Å²) < 4.78 is 5.82. The van der Waals surface area contributed by atoms with Crippen LogP contribution in [0.2, 0.25) is 5.02 Å². The number of benzene rings is 2. The largest absolute Gasteiger partial charge is 0.436 e. The van der Waals surface area contributed by atoms with Crippen molar-refractivity contribution in [1.29, 1.82) is 0 Å². The molecule has 1 aliphatic rings. The quantitative estimate of drug-likeness (QED) is 0.681. The van der Waals surface area contributed by atoms with Gasteiger partial charge in [0.25, 0.3) is 5.91 Å². The summed E-state index contributed by atoms with van der Waals surface area (Å²) in [6.07, 6.45) is 2.46. The van der Waals surface area contributed by atoms with Crippen molar-refractivity contribution in [3.8, 4) is 11.6 Å². The van der Waals surface area contributed by atoms with E-state index in [0.717, 1.165) is 6.42 Å². The van der Waals surface area contributed by atoms with Gasteiger partial charge in [0, 0.05) is 16.9 Å². The molecule has 0 unspecified atom stereocenters. The van der Waals surface area contributed by atoms with Crippen LogP contribution in [0.15, 0.2) is 60.8 Å². The maximum absolute atomic E-state index is 13.2. The molecule has 2 aromatic carbocycles. The first-order valence-electron chi connectivity index (χ1n) is 9.18. The van der Waals surface area contributed by atoms with Crippen molar-refractivity contribution in [3.05, 3.63) is 76.9 Å². The van der Waals surface area contributed by atoms with E-state index in [1.807, 2.05) is 24.3 Å². The van der Waals surface area contributed by atoms with Crippen LogP contribution >= 0.6 is 11.6 Å². The fraction of sp³-hybridized carbons (Fsp3) is 0.136. The molecule has 3 aromatic rings. The van der Waals surface area contributed by atoms with Gasteiger partial charge in [-0.25, -0.2) is 4.98 Å². The lowest BCUT2D eigenvalue weighted by Crippen LogP contribution is -2.37. The summed E-state index contributed by atoms with van der Waals surface area (Å²) in [5.74, 6) is -0.120. The van der Waals surface area contributed by atoms with Gasteiger partial charge in [0.05, 0.1) is 5.69 Å². The van der Waals surface area contributed by atoms with Crippen LogP contribution in [0.1, 0.15) is 22.8 Å². The van der Waals surface area contributed by atoms with Gasteiger partial charge in [-0.05, 0) is 54.4 Å². The molecule has 0 aliphatic carbocycles. The molecule has 146 valence electrons. The van der Waals surface area contributed by atoms with E-state index in [2.05, 4.69) is 17.2 Å². The number of rotatable bonds is 4. The molecule has 0 atom stereocenters. The average molecular weight is 408 g/mol. The van der Waals surface area contributed by atoms with E-state index >= 15 is 0 Å². The van der Waals surface area contributed by atoms with Crippen LogP contribution in [0, 0.1) is 0 Å². The van der Waals surface area contributed by atoms with Crippen LogP contribution in [0.4, 0.5) is 11.4 Å². The fourth-order valence-electron chi connectivity index (χ4n) is 3.11. The Morgan fingerprint density at radius 1 is 1.17 bits per heavy atom. The number of hydrogen-bond acceptors (Lipinski definition) is 4. The first-order chi connectivity index (χ1) is 14.0. The Morgan fingerprint density at radius 3 is 2.72 bits per heavy atom. The third-order valence-corrected chi connectivity index (χ3v) is 4.85. The third-order valence-electron chi connectivity index (χ3n) is 4.61. The van der Waals surface area contributed by atoms with E-state index < -0.39 is 0 Å². The Kier molecular flexibility index (Phi) is 5.18. The lowest BCUT2D eigenvalue weighted by Gasteiger charge is -2.21. The summed E-state index contributed by atoms with van der Waals surface area (Å²) >= 11 is 6.14. The molecule has 1 N–H and O–H groups in total. The van der Waals surface area contributed by atoms with E-state index in [9.17, 15) is 9.59 Å². The van der Waals surface area contributed by atoms with Gasteiger partial charge in [-0.3, -0.25) is 14.5 Å². The summed E-state index contributed by atoms with van der Waals surface area (Å²) in [5, 5.41) is 3.26. The summed E-state index contributed by atoms with van der Waals surface area (Å²) in [6, 6.07) is 15.8. The monoisotopic (exact) mass is 407 g/mol. The molecule has 0 radical (unpaired) electrons. The minimum absolute atomic E-state index is 0.194. The number of fused-ring (bicyclic) bond motifs is 2. The average Bonchev–Trinajstić information content (AvgIpc) is 2.84. The van der Waals surface area contributed by atoms with Crippen LogP contribution in [0.25, 0.3) is 0 Å². The molecule has 0 saturated heterocycles. The summed E-state index contributed by atoms with van der Waals surface area (Å²) in [4.78, 5) is 31.4. The SMILES string of the molecule is CCc1ccc(NC(=O)CN2C(=O)c3cccnc3Oc3ccc(Cl)cc32)cc1. The Morgan fingerprint density at radius 2 is 1.97 bits per heavy atom. The van der Waals surface area contributed by atoms with Gasteiger partial charge < -0.3 is 10.1 Å². The van der Waals surface area contributed by atoms with Crippen molar-refractivity contribution < 1.29 is 14.3 Å². The first-order valence-corrected chi connectivity index (χ1v) is 9.56. The van der Waals surface area contributed by atoms with Crippen LogP contribution in [-0.2, 0) is 11.2 Å². The van der Waals surface area contributed by atoms with Gasteiger partial charge in [0.1, 0.15) is 12.1 Å². The number of aromatic nitrogens is 1. The van der Waals surface area contributed by atoms with E-state index in [0.29, 0.717) is 22.1 Å². The number of nitrogens with zero attached hydrogens (tertiary/aromatic N) is 2. The van der Waals surface area contributed by atoms with Crippen molar-refractivity contribution in [2.45, 2.75) is 13.3 Å². The van der Waals surface area contributed by atoms with Gasteiger partial charge in [-0.1, -0.05) is 30.7 Å². The molecule has 0 bridgehead atoms. The number of carbonyl (C=O) groups excluding carboxylic acids is 2. The fourth-order valence-corrected chi connectivity index (χ4v) is 3.27. The Bertz CT molecular complexity index is 1080. The molecule has 0 saturated carbocycles. The molecule has 2 heterocycles. The molecule has 4 rings (SSSR count). The third kappa shape index (κ3) is 3.93. The van der Waals surface area contributed by atoms with E-state index in [-0.39, 0.29) is 29.8 Å². The number of halogens is 1. The number of ether oxygens (including phenoxy) is 1. The second-order valence-corrected chi connectivity index (χ2v) is 7.00. The normalized spacial score (nSPS) is 12.5. The Balaban J connectivity index is 1.64. The zero-order chi connectivity index (χ0) is 20.4. The predicted octanol–water partition coefficient (Wildman–Crippen LogP) is 4.69. The zero-order valence-electron chi connectivity index (χ0n) is 15.7. The Labute approximate surface area is 173 Å². The van der Waals surface area contributed by atoms with Crippen molar-refractivity contribution in [1.82, 2.24) is 4.98 Å². The van der Waals surface area contributed by atoms with Crippen LogP contribution in [0.5, 0.6) is 11.6 Å².